The van der Waals surface area contributed by atoms with Crippen molar-refractivity contribution >= 4 is 19.9 Å². The molecule has 1 aromatic carbocycles. The molecule has 2 N–H and O–H groups in total. The topological polar surface area (TPSA) is 97.5 Å². The van der Waals surface area contributed by atoms with Crippen molar-refractivity contribution in [3.05, 3.63) is 24.3 Å². The standard InChI is InChI=1S/C12H20N2O4S2/c1-4-19(15,16)11-6-5-7-12(8-11)20(17,18)14(3)10(2)9-13/h5-8,10H,4,9,13H2,1-3H3. The summed E-state index contributed by atoms with van der Waals surface area (Å²) in [6.45, 7) is 3.38. The van der Waals surface area contributed by atoms with Crippen LogP contribution in [0.2, 0.25) is 0 Å². The van der Waals surface area contributed by atoms with Crippen LogP contribution in [0.4, 0.5) is 0 Å². The Hall–Kier alpha value is -0.960. The molecule has 114 valence electrons. The van der Waals surface area contributed by atoms with Crippen molar-refractivity contribution in [1.29, 1.82) is 0 Å². The summed E-state index contributed by atoms with van der Waals surface area (Å²) in [5, 5.41) is 0. The highest BCUT2D eigenvalue weighted by Crippen LogP contribution is 2.20. The van der Waals surface area contributed by atoms with Gasteiger partial charge < -0.3 is 5.73 Å². The van der Waals surface area contributed by atoms with Crippen LogP contribution >= 0.6 is 0 Å². The summed E-state index contributed by atoms with van der Waals surface area (Å²) in [4.78, 5) is -0.0373. The predicted octanol–water partition coefficient (Wildman–Crippen LogP) is 0.448. The highest BCUT2D eigenvalue weighted by Gasteiger charge is 2.25. The second kappa shape index (κ2) is 6.21. The molecule has 0 aliphatic rings. The molecule has 0 aliphatic carbocycles. The van der Waals surface area contributed by atoms with E-state index >= 15 is 0 Å². The first-order valence-electron chi connectivity index (χ1n) is 6.17. The van der Waals surface area contributed by atoms with Crippen LogP contribution in [0.5, 0.6) is 0 Å². The van der Waals surface area contributed by atoms with E-state index in [4.69, 9.17) is 5.73 Å². The highest BCUT2D eigenvalue weighted by molar-refractivity contribution is 7.91. The maximum Gasteiger partial charge on any atom is 0.243 e. The van der Waals surface area contributed by atoms with Crippen LogP contribution in [0.3, 0.4) is 0 Å². The van der Waals surface area contributed by atoms with Crippen molar-refractivity contribution in [2.24, 2.45) is 5.73 Å². The normalized spacial score (nSPS) is 14.4. The molecule has 0 saturated carbocycles. The number of sulfone groups is 1. The van der Waals surface area contributed by atoms with E-state index in [1.54, 1.807) is 6.92 Å². The van der Waals surface area contributed by atoms with Crippen LogP contribution in [-0.4, -0.2) is 46.5 Å². The SMILES string of the molecule is CCS(=O)(=O)c1cccc(S(=O)(=O)N(C)C(C)CN)c1. The lowest BCUT2D eigenvalue weighted by atomic mass is 10.4. The van der Waals surface area contributed by atoms with Gasteiger partial charge in [0.25, 0.3) is 0 Å². The first-order chi connectivity index (χ1) is 9.16. The van der Waals surface area contributed by atoms with E-state index in [1.165, 1.54) is 38.2 Å². The van der Waals surface area contributed by atoms with E-state index in [0.29, 0.717) is 0 Å². The summed E-state index contributed by atoms with van der Waals surface area (Å²) in [7, 11) is -5.77. The van der Waals surface area contributed by atoms with E-state index in [0.717, 1.165) is 4.31 Å². The Balaban J connectivity index is 3.32. The second-order valence-electron chi connectivity index (χ2n) is 4.48. The molecule has 0 spiro atoms. The molecule has 0 aliphatic heterocycles. The first kappa shape index (κ1) is 17.1. The molecule has 0 fully saturated rings. The Morgan fingerprint density at radius 1 is 1.20 bits per heavy atom. The number of nitrogens with zero attached hydrogens (tertiary/aromatic N) is 1. The first-order valence-corrected chi connectivity index (χ1v) is 9.27. The molecule has 8 heteroatoms. The summed E-state index contributed by atoms with van der Waals surface area (Å²) in [6, 6.07) is 5.02. The molecule has 1 atom stereocenters. The van der Waals surface area contributed by atoms with Gasteiger partial charge in [0.2, 0.25) is 10.0 Å². The van der Waals surface area contributed by atoms with E-state index in [9.17, 15) is 16.8 Å². The molecule has 6 nitrogen and oxygen atoms in total. The average molecular weight is 320 g/mol. The minimum absolute atomic E-state index is 0.00914. The quantitative estimate of drug-likeness (QED) is 0.820. The Bertz CT molecular complexity index is 668. The second-order valence-corrected chi connectivity index (χ2v) is 8.76. The lowest BCUT2D eigenvalue weighted by Gasteiger charge is -2.23. The van der Waals surface area contributed by atoms with E-state index in [1.807, 2.05) is 0 Å². The summed E-state index contributed by atoms with van der Waals surface area (Å²) < 4.78 is 49.5. The van der Waals surface area contributed by atoms with Gasteiger partial charge in [0.15, 0.2) is 9.84 Å². The molecule has 0 heterocycles. The molecular formula is C12H20N2O4S2. The van der Waals surface area contributed by atoms with E-state index in [-0.39, 0.29) is 28.1 Å². The molecule has 20 heavy (non-hydrogen) atoms. The Morgan fingerprint density at radius 3 is 2.25 bits per heavy atom. The molecule has 0 amide bonds. The molecule has 0 saturated heterocycles. The lowest BCUT2D eigenvalue weighted by Crippen LogP contribution is -2.39. The number of nitrogens with two attached hydrogens (primary N) is 1. The summed E-state index contributed by atoms with van der Waals surface area (Å²) in [6.07, 6.45) is 0. The van der Waals surface area contributed by atoms with Crippen LogP contribution in [0.15, 0.2) is 34.1 Å². The van der Waals surface area contributed by atoms with Crippen LogP contribution in [-0.2, 0) is 19.9 Å². The van der Waals surface area contributed by atoms with Gasteiger partial charge in [0.1, 0.15) is 0 Å². The zero-order chi connectivity index (χ0) is 15.6. The van der Waals surface area contributed by atoms with Gasteiger partial charge in [0, 0.05) is 19.6 Å². The monoisotopic (exact) mass is 320 g/mol. The van der Waals surface area contributed by atoms with Gasteiger partial charge in [-0.25, -0.2) is 16.8 Å². The number of rotatable bonds is 6. The van der Waals surface area contributed by atoms with Crippen molar-refractivity contribution in [3.63, 3.8) is 0 Å². The van der Waals surface area contributed by atoms with Crippen molar-refractivity contribution in [2.45, 2.75) is 29.7 Å². The minimum Gasteiger partial charge on any atom is -0.329 e. The fraction of sp³-hybridized carbons (Fsp3) is 0.500. The van der Waals surface area contributed by atoms with Crippen LogP contribution in [0.1, 0.15) is 13.8 Å². The Morgan fingerprint density at radius 2 is 1.75 bits per heavy atom. The zero-order valence-corrected chi connectivity index (χ0v) is 13.4. The highest BCUT2D eigenvalue weighted by atomic mass is 32.2. The van der Waals surface area contributed by atoms with Crippen molar-refractivity contribution in [3.8, 4) is 0 Å². The molecule has 1 aromatic rings. The third-order valence-electron chi connectivity index (χ3n) is 3.18. The van der Waals surface area contributed by atoms with Crippen LogP contribution in [0, 0.1) is 0 Å². The number of hydrogen-bond donors (Lipinski definition) is 1. The van der Waals surface area contributed by atoms with E-state index in [2.05, 4.69) is 0 Å². The lowest BCUT2D eigenvalue weighted by molar-refractivity contribution is 0.394. The van der Waals surface area contributed by atoms with Gasteiger partial charge in [-0.3, -0.25) is 0 Å². The van der Waals surface area contributed by atoms with Gasteiger partial charge in [0.05, 0.1) is 15.5 Å². The van der Waals surface area contributed by atoms with Crippen molar-refractivity contribution in [1.82, 2.24) is 4.31 Å². The van der Waals surface area contributed by atoms with Gasteiger partial charge in [-0.15, -0.1) is 0 Å². The van der Waals surface area contributed by atoms with Gasteiger partial charge >= 0.3 is 0 Å². The predicted molar refractivity (Wildman–Crippen MR) is 77.6 cm³/mol. The minimum atomic E-state index is -3.75. The molecule has 0 aromatic heterocycles. The van der Waals surface area contributed by atoms with Crippen LogP contribution < -0.4 is 5.73 Å². The third-order valence-corrected chi connectivity index (χ3v) is 6.88. The summed E-state index contributed by atoms with van der Waals surface area (Å²) in [5.74, 6) is -0.0778. The van der Waals surface area contributed by atoms with Gasteiger partial charge in [-0.1, -0.05) is 13.0 Å². The fourth-order valence-corrected chi connectivity index (χ4v) is 3.97. The van der Waals surface area contributed by atoms with Crippen molar-refractivity contribution in [2.75, 3.05) is 19.3 Å². The Labute approximate surface area is 120 Å². The molecule has 1 rings (SSSR count). The van der Waals surface area contributed by atoms with Crippen LogP contribution in [0.25, 0.3) is 0 Å². The largest absolute Gasteiger partial charge is 0.329 e. The van der Waals surface area contributed by atoms with Gasteiger partial charge in [-0.05, 0) is 25.1 Å². The molecule has 0 bridgehead atoms. The number of hydrogen-bond acceptors (Lipinski definition) is 5. The van der Waals surface area contributed by atoms with Crippen molar-refractivity contribution < 1.29 is 16.8 Å². The molecule has 1 unspecified atom stereocenters. The van der Waals surface area contributed by atoms with E-state index < -0.39 is 19.9 Å². The summed E-state index contributed by atoms with van der Waals surface area (Å²) >= 11 is 0. The maximum atomic E-state index is 12.4. The van der Waals surface area contributed by atoms with Gasteiger partial charge in [-0.2, -0.15) is 4.31 Å². The molecule has 0 radical (unpaired) electrons. The molecular weight excluding hydrogens is 300 g/mol. The average Bonchev–Trinajstić information content (AvgIpc) is 2.45. The number of likely N-dealkylation sites (N-methyl/N-ethyl adjacent to an activating group) is 1. The smallest absolute Gasteiger partial charge is 0.243 e. The fourth-order valence-electron chi connectivity index (χ4n) is 1.55. The zero-order valence-electron chi connectivity index (χ0n) is 11.8. The number of benzene rings is 1. The third kappa shape index (κ3) is 3.38. The maximum absolute atomic E-state index is 12.4. The Kier molecular flexibility index (Phi) is 5.31. The number of sulfonamides is 1. The summed E-state index contributed by atoms with van der Waals surface area (Å²) in [5.41, 5.74) is 5.47.